The zero-order valence-corrected chi connectivity index (χ0v) is 47.4. The van der Waals surface area contributed by atoms with Crippen LogP contribution < -0.4 is 0 Å². The highest BCUT2D eigenvalue weighted by Crippen LogP contribution is 2.64. The van der Waals surface area contributed by atoms with Crippen molar-refractivity contribution in [1.29, 1.82) is 0 Å². The fourth-order valence-corrected chi connectivity index (χ4v) is 23.3. The highest BCUT2D eigenvalue weighted by atomic mass is 16.7. The van der Waals surface area contributed by atoms with Gasteiger partial charge in [-0.1, -0.05) is 0 Å². The third-order valence-corrected chi connectivity index (χ3v) is 25.6. The van der Waals surface area contributed by atoms with Crippen molar-refractivity contribution in [2.75, 3.05) is 66.1 Å². The molecular weight excluding hydrogens is 953 g/mol. The molecule has 0 amide bonds. The summed E-state index contributed by atoms with van der Waals surface area (Å²) in [6.45, 7) is 9.11. The zero-order valence-electron chi connectivity index (χ0n) is 47.4. The van der Waals surface area contributed by atoms with E-state index in [0.29, 0.717) is 5.92 Å². The monoisotopic (exact) mass is 1060 g/mol. The average Bonchev–Trinajstić information content (AvgIpc) is 4.13. The Bertz CT molecular complexity index is 1810. The maximum atomic E-state index is 6.33. The molecule has 5 aliphatic heterocycles. The zero-order chi connectivity index (χ0) is 50.4. The van der Waals surface area contributed by atoms with E-state index in [1.807, 2.05) is 0 Å². The first-order valence-corrected chi connectivity index (χ1v) is 33.8. The second kappa shape index (κ2) is 21.7. The largest absolute Gasteiger partial charge is 0.350 e. The Morgan fingerprint density at radius 1 is 0.184 bits per heavy atom. The van der Waals surface area contributed by atoms with E-state index >= 15 is 0 Å². The van der Waals surface area contributed by atoms with Crippen LogP contribution in [0.1, 0.15) is 212 Å². The third-order valence-electron chi connectivity index (χ3n) is 25.6. The predicted octanol–water partition coefficient (Wildman–Crippen LogP) is 13.8. The van der Waals surface area contributed by atoms with Crippen LogP contribution in [0.25, 0.3) is 0 Å². The van der Waals surface area contributed by atoms with Crippen molar-refractivity contribution in [2.45, 2.75) is 241 Å². The number of fused-ring (bicyclic) bond motifs is 3. The average molecular weight is 1060 g/mol. The van der Waals surface area contributed by atoms with Gasteiger partial charge in [0, 0.05) is 59.7 Å². The van der Waals surface area contributed by atoms with Crippen molar-refractivity contribution in [1.82, 2.24) is 0 Å². The van der Waals surface area contributed by atoms with Gasteiger partial charge in [0.05, 0.1) is 66.1 Å². The first-order chi connectivity index (χ1) is 37.4. The highest BCUT2D eigenvalue weighted by Gasteiger charge is 2.64. The Labute approximate surface area is 459 Å². The lowest BCUT2D eigenvalue weighted by atomic mass is 9.53. The van der Waals surface area contributed by atoms with Crippen LogP contribution in [0, 0.1) is 107 Å². The Kier molecular flexibility index (Phi) is 14.9. The first-order valence-electron chi connectivity index (χ1n) is 33.8. The summed E-state index contributed by atoms with van der Waals surface area (Å²) < 4.78 is 61.5. The van der Waals surface area contributed by atoms with Crippen molar-refractivity contribution in [3.05, 3.63) is 0 Å². The van der Waals surface area contributed by atoms with Crippen LogP contribution in [0.2, 0.25) is 0 Å². The Balaban J connectivity index is 0.0000000834. The number of rotatable bonds is 0. The van der Waals surface area contributed by atoms with Gasteiger partial charge in [-0.05, 0) is 259 Å². The van der Waals surface area contributed by atoms with Gasteiger partial charge in [0.15, 0.2) is 28.9 Å². The van der Waals surface area contributed by atoms with E-state index < -0.39 is 0 Å². The molecule has 2 atom stereocenters. The van der Waals surface area contributed by atoms with E-state index in [0.717, 1.165) is 173 Å². The summed E-state index contributed by atoms with van der Waals surface area (Å²) in [4.78, 5) is 0. The standard InChI is InChI=1S/C15H24O2.C14H22O2.C13H20O2.C12H18O2.C12H20O2/c1-2-4-16-15(17-5-3-1)13-7-11-6-12(9-13)10-14(15)8-11;1-2-4-16-14(15-3-1)12-6-10-5-11(8-12)9-13(14)7-10;1-2-14-13(15-3-1)11-5-9-4-10(7-11)8-12(13)6-9;1-2-14-12(13-1)10-4-8-3-9(6-10)7-11(12)5-8;1-2-6-13-12(14-7-3-1)9-10-4-5-11(12)8-10/h11-14H,1-10H2;10-13H,1-9H2;9-12H,1-8H2;8-11H,1-7H2;10-11H,1-9H2. The molecule has 0 aromatic heterocycles. The lowest BCUT2D eigenvalue weighted by molar-refractivity contribution is -0.358. The Hall–Kier alpha value is -0.400. The molecule has 0 N–H and O–H groups in total. The van der Waals surface area contributed by atoms with E-state index in [9.17, 15) is 0 Å². The Morgan fingerprint density at radius 3 is 0.684 bits per heavy atom. The van der Waals surface area contributed by atoms with E-state index in [1.54, 1.807) is 0 Å². The summed E-state index contributed by atoms with van der Waals surface area (Å²) in [5.41, 5.74) is 0. The minimum atomic E-state index is -0.145. The molecule has 5 saturated heterocycles. The van der Waals surface area contributed by atoms with Crippen molar-refractivity contribution in [3.8, 4) is 0 Å². The van der Waals surface area contributed by atoms with Crippen LogP contribution in [0.3, 0.4) is 0 Å². The van der Waals surface area contributed by atoms with Gasteiger partial charge in [0.2, 0.25) is 0 Å². The molecule has 18 aliphatic carbocycles. The smallest absolute Gasteiger partial charge is 0.174 e. The molecule has 18 saturated carbocycles. The molecule has 18 bridgehead atoms. The molecule has 76 heavy (non-hydrogen) atoms. The molecule has 0 aromatic carbocycles. The van der Waals surface area contributed by atoms with Gasteiger partial charge in [0.1, 0.15) is 0 Å². The first kappa shape index (κ1) is 52.4. The second-order valence-electron chi connectivity index (χ2n) is 30.2. The molecule has 23 fully saturated rings. The SMILES string of the molecule is C1CCOC2(CC3CCC2C3)OCC1.C1CCOC2(OC1)C1CC3CC(C1)CC2C3.C1CCOC2(OCC1)C1CC3CC(C1)CC2C3.C1COC2(O1)C1CC3CC(C1)CC2C3.C1COC2(OC1)C1CC3CC(C1)CC2C3. The maximum Gasteiger partial charge on any atom is 0.174 e. The van der Waals surface area contributed by atoms with Gasteiger partial charge in [-0.2, -0.15) is 0 Å². The lowest BCUT2D eigenvalue weighted by Crippen LogP contribution is -2.61. The van der Waals surface area contributed by atoms with Gasteiger partial charge < -0.3 is 47.4 Å². The van der Waals surface area contributed by atoms with E-state index in [4.69, 9.17) is 47.4 Å². The summed E-state index contributed by atoms with van der Waals surface area (Å²) in [7, 11) is 0. The van der Waals surface area contributed by atoms with Crippen molar-refractivity contribution in [3.63, 3.8) is 0 Å². The molecule has 10 heteroatoms. The fourth-order valence-electron chi connectivity index (χ4n) is 23.3. The minimum Gasteiger partial charge on any atom is -0.350 e. The number of ether oxygens (including phenoxy) is 10. The van der Waals surface area contributed by atoms with E-state index in [2.05, 4.69) is 0 Å². The maximum absolute atomic E-state index is 6.33. The summed E-state index contributed by atoms with van der Waals surface area (Å²) in [5.74, 6) is 14.8. The van der Waals surface area contributed by atoms with Crippen molar-refractivity contribution >= 4 is 0 Å². The number of hydrogen-bond acceptors (Lipinski definition) is 10. The van der Waals surface area contributed by atoms with Crippen LogP contribution in [0.4, 0.5) is 0 Å². The molecule has 0 radical (unpaired) electrons. The highest BCUT2D eigenvalue weighted by molar-refractivity contribution is 5.08. The van der Waals surface area contributed by atoms with Crippen LogP contribution in [-0.4, -0.2) is 95.0 Å². The van der Waals surface area contributed by atoms with Gasteiger partial charge in [-0.3, -0.25) is 0 Å². The quantitative estimate of drug-likeness (QED) is 0.234. The summed E-state index contributed by atoms with van der Waals surface area (Å²) >= 11 is 0. The van der Waals surface area contributed by atoms with Gasteiger partial charge >= 0.3 is 0 Å². The molecule has 23 aliphatic rings. The van der Waals surface area contributed by atoms with Crippen LogP contribution in [-0.2, 0) is 47.4 Å². The molecular formula is C66H104O10. The third kappa shape index (κ3) is 9.54. The normalized spacial score (nSPS) is 48.6. The van der Waals surface area contributed by atoms with Crippen LogP contribution in [0.5, 0.6) is 0 Å². The molecule has 5 heterocycles. The molecule has 428 valence electrons. The van der Waals surface area contributed by atoms with E-state index in [1.165, 1.54) is 205 Å². The van der Waals surface area contributed by atoms with Gasteiger partial charge in [-0.15, -0.1) is 0 Å². The van der Waals surface area contributed by atoms with Crippen LogP contribution >= 0.6 is 0 Å². The molecule has 5 spiro atoms. The lowest BCUT2D eigenvalue weighted by Gasteiger charge is -2.60. The topological polar surface area (TPSA) is 92.3 Å². The fraction of sp³-hybridized carbons (Fsp3) is 1.00. The predicted molar refractivity (Wildman–Crippen MR) is 288 cm³/mol. The van der Waals surface area contributed by atoms with Crippen molar-refractivity contribution in [2.24, 2.45) is 107 Å². The molecule has 23 rings (SSSR count). The Morgan fingerprint density at radius 2 is 0.421 bits per heavy atom. The summed E-state index contributed by atoms with van der Waals surface area (Å²) in [6, 6.07) is 0. The minimum absolute atomic E-state index is 0.104. The summed E-state index contributed by atoms with van der Waals surface area (Å²) in [6.07, 6.45) is 44.3. The number of hydrogen-bond donors (Lipinski definition) is 0. The molecule has 2 unspecified atom stereocenters. The summed E-state index contributed by atoms with van der Waals surface area (Å²) in [5, 5.41) is 0. The van der Waals surface area contributed by atoms with E-state index in [-0.39, 0.29) is 28.9 Å². The molecule has 0 aromatic rings. The van der Waals surface area contributed by atoms with Crippen molar-refractivity contribution < 1.29 is 47.4 Å². The van der Waals surface area contributed by atoms with Crippen LogP contribution in [0.15, 0.2) is 0 Å². The van der Waals surface area contributed by atoms with Gasteiger partial charge in [-0.25, -0.2) is 0 Å². The second-order valence-corrected chi connectivity index (χ2v) is 30.2. The van der Waals surface area contributed by atoms with Gasteiger partial charge in [0.25, 0.3) is 0 Å². The molecule has 10 nitrogen and oxygen atoms in total.